The molecular formula is C13H12N4O2S. The van der Waals surface area contributed by atoms with E-state index in [9.17, 15) is 10.1 Å². The number of nitrogens with one attached hydrogen (secondary N) is 1. The minimum absolute atomic E-state index is 0.0833. The molecule has 102 valence electrons. The Morgan fingerprint density at radius 3 is 3.00 bits per heavy atom. The molecule has 0 radical (unpaired) electrons. The summed E-state index contributed by atoms with van der Waals surface area (Å²) in [4.78, 5) is 14.4. The highest BCUT2D eigenvalue weighted by atomic mass is 32.1. The van der Waals surface area contributed by atoms with Gasteiger partial charge in [0.1, 0.15) is 6.07 Å². The molecule has 0 amide bonds. The lowest BCUT2D eigenvalue weighted by atomic mass is 10.1. The molecule has 7 heteroatoms. The Hall–Kier alpha value is -2.46. The van der Waals surface area contributed by atoms with Crippen LogP contribution in [0.25, 0.3) is 0 Å². The average Bonchev–Trinajstić information content (AvgIpc) is 2.98. The molecule has 0 saturated carbocycles. The van der Waals surface area contributed by atoms with Crippen LogP contribution in [0.3, 0.4) is 0 Å². The molecule has 2 rings (SSSR count). The van der Waals surface area contributed by atoms with Crippen LogP contribution in [0.4, 0.5) is 11.4 Å². The number of nitrogens with zero attached hydrogens (tertiary/aromatic N) is 3. The summed E-state index contributed by atoms with van der Waals surface area (Å²) in [5, 5.41) is 25.8. The first kappa shape index (κ1) is 14.0. The first-order chi connectivity index (χ1) is 9.61. The van der Waals surface area contributed by atoms with E-state index in [2.05, 4.69) is 10.3 Å². The second-order valence-corrected chi connectivity index (χ2v) is 5.18. The molecule has 0 fully saturated rings. The van der Waals surface area contributed by atoms with Crippen molar-refractivity contribution in [3.8, 4) is 6.07 Å². The van der Waals surface area contributed by atoms with Crippen LogP contribution in [0.5, 0.6) is 0 Å². The zero-order valence-electron chi connectivity index (χ0n) is 10.7. The van der Waals surface area contributed by atoms with Crippen molar-refractivity contribution < 1.29 is 4.92 Å². The van der Waals surface area contributed by atoms with Crippen LogP contribution in [0.2, 0.25) is 0 Å². The molecule has 2 aromatic rings. The van der Waals surface area contributed by atoms with Crippen LogP contribution >= 0.6 is 11.3 Å². The number of nitro benzene ring substituents is 1. The number of non-ortho nitro benzene ring substituents is 1. The summed E-state index contributed by atoms with van der Waals surface area (Å²) in [6, 6.07) is 6.19. The Kier molecular flexibility index (Phi) is 4.27. The number of hydrogen-bond donors (Lipinski definition) is 1. The number of anilines is 1. The zero-order chi connectivity index (χ0) is 14.5. The van der Waals surface area contributed by atoms with Crippen molar-refractivity contribution in [2.24, 2.45) is 0 Å². The molecule has 1 atom stereocenters. The van der Waals surface area contributed by atoms with Gasteiger partial charge in [-0.1, -0.05) is 6.92 Å². The lowest BCUT2D eigenvalue weighted by Crippen LogP contribution is -2.10. The highest BCUT2D eigenvalue weighted by molar-refractivity contribution is 7.09. The van der Waals surface area contributed by atoms with Gasteiger partial charge in [0.15, 0.2) is 0 Å². The van der Waals surface area contributed by atoms with Gasteiger partial charge in [-0.15, -0.1) is 11.3 Å². The second-order valence-electron chi connectivity index (χ2n) is 4.25. The second kappa shape index (κ2) is 6.12. The quantitative estimate of drug-likeness (QED) is 0.674. The minimum Gasteiger partial charge on any atom is -0.383 e. The number of hydrogen-bond acceptors (Lipinski definition) is 6. The van der Waals surface area contributed by atoms with Crippen LogP contribution in [0.15, 0.2) is 29.8 Å². The van der Waals surface area contributed by atoms with Crippen molar-refractivity contribution in [3.63, 3.8) is 0 Å². The van der Waals surface area contributed by atoms with Gasteiger partial charge in [-0.3, -0.25) is 10.1 Å². The van der Waals surface area contributed by atoms with Crippen LogP contribution in [0.1, 0.15) is 23.4 Å². The molecule has 20 heavy (non-hydrogen) atoms. The summed E-state index contributed by atoms with van der Waals surface area (Å²) in [5.74, 6) is 0.205. The molecule has 1 heterocycles. The van der Waals surface area contributed by atoms with Gasteiger partial charge in [0, 0.05) is 36.2 Å². The first-order valence-corrected chi connectivity index (χ1v) is 6.81. The van der Waals surface area contributed by atoms with Gasteiger partial charge in [-0.2, -0.15) is 5.26 Å². The molecule has 1 N–H and O–H groups in total. The van der Waals surface area contributed by atoms with Crippen molar-refractivity contribution in [2.45, 2.75) is 12.8 Å². The summed E-state index contributed by atoms with van der Waals surface area (Å²) in [6.45, 7) is 2.64. The van der Waals surface area contributed by atoms with E-state index in [0.717, 1.165) is 5.01 Å². The molecule has 0 saturated heterocycles. The Morgan fingerprint density at radius 1 is 1.60 bits per heavy atom. The highest BCUT2D eigenvalue weighted by Crippen LogP contribution is 2.23. The van der Waals surface area contributed by atoms with E-state index in [1.54, 1.807) is 23.6 Å². The van der Waals surface area contributed by atoms with Crippen molar-refractivity contribution in [1.82, 2.24) is 4.98 Å². The van der Waals surface area contributed by atoms with E-state index in [0.29, 0.717) is 12.2 Å². The van der Waals surface area contributed by atoms with Gasteiger partial charge in [0.05, 0.1) is 21.2 Å². The molecule has 0 aliphatic carbocycles. The molecule has 0 aliphatic heterocycles. The molecule has 0 aliphatic rings. The molecule has 1 unspecified atom stereocenters. The average molecular weight is 288 g/mol. The largest absolute Gasteiger partial charge is 0.383 e. The Morgan fingerprint density at radius 2 is 2.40 bits per heavy atom. The van der Waals surface area contributed by atoms with Gasteiger partial charge in [0.2, 0.25) is 0 Å². The number of thiazole rings is 1. The third-order valence-corrected chi connectivity index (χ3v) is 3.81. The lowest BCUT2D eigenvalue weighted by Gasteiger charge is -2.12. The van der Waals surface area contributed by atoms with E-state index >= 15 is 0 Å². The summed E-state index contributed by atoms with van der Waals surface area (Å²) < 4.78 is 0. The standard InChI is InChI=1S/C13H12N4O2S/c1-9(13-15-4-5-20-13)8-16-12-3-2-11(17(18)19)6-10(12)7-14/h2-6,9,16H,8H2,1H3. The minimum atomic E-state index is -0.511. The van der Waals surface area contributed by atoms with Crippen LogP contribution in [-0.2, 0) is 0 Å². The van der Waals surface area contributed by atoms with Crippen LogP contribution in [0, 0.1) is 21.4 Å². The van der Waals surface area contributed by atoms with E-state index < -0.39 is 4.92 Å². The third-order valence-electron chi connectivity index (χ3n) is 2.81. The predicted molar refractivity (Wildman–Crippen MR) is 76.8 cm³/mol. The first-order valence-electron chi connectivity index (χ1n) is 5.93. The fourth-order valence-corrected chi connectivity index (χ4v) is 2.42. The van der Waals surface area contributed by atoms with Crippen LogP contribution in [-0.4, -0.2) is 16.5 Å². The predicted octanol–water partition coefficient (Wildman–Crippen LogP) is 3.14. The van der Waals surface area contributed by atoms with Gasteiger partial charge >= 0.3 is 0 Å². The molecule has 6 nitrogen and oxygen atoms in total. The monoisotopic (exact) mass is 288 g/mol. The van der Waals surface area contributed by atoms with Crippen LogP contribution < -0.4 is 5.32 Å². The lowest BCUT2D eigenvalue weighted by molar-refractivity contribution is -0.384. The maximum Gasteiger partial charge on any atom is 0.270 e. The number of nitro groups is 1. The van der Waals surface area contributed by atoms with Crippen molar-refractivity contribution in [3.05, 3.63) is 50.5 Å². The molecular weight excluding hydrogens is 276 g/mol. The van der Waals surface area contributed by atoms with Gasteiger partial charge in [-0.25, -0.2) is 4.98 Å². The normalized spacial score (nSPS) is 11.6. The maximum absolute atomic E-state index is 10.7. The SMILES string of the molecule is CC(CNc1ccc([N+](=O)[O-])cc1C#N)c1nccs1. The number of nitriles is 1. The summed E-state index contributed by atoms with van der Waals surface area (Å²) in [7, 11) is 0. The molecule has 1 aromatic carbocycles. The van der Waals surface area contributed by atoms with E-state index in [1.807, 2.05) is 18.4 Å². The maximum atomic E-state index is 10.7. The van der Waals surface area contributed by atoms with Crippen molar-refractivity contribution in [2.75, 3.05) is 11.9 Å². The van der Waals surface area contributed by atoms with Crippen molar-refractivity contribution >= 4 is 22.7 Å². The highest BCUT2D eigenvalue weighted by Gasteiger charge is 2.12. The summed E-state index contributed by atoms with van der Waals surface area (Å²) in [5.41, 5.74) is 0.784. The molecule has 0 bridgehead atoms. The van der Waals surface area contributed by atoms with Gasteiger partial charge in [-0.05, 0) is 6.07 Å². The molecule has 1 aromatic heterocycles. The van der Waals surface area contributed by atoms with E-state index in [1.165, 1.54) is 12.1 Å². The Balaban J connectivity index is 2.10. The summed E-state index contributed by atoms with van der Waals surface area (Å²) >= 11 is 1.58. The van der Waals surface area contributed by atoms with E-state index in [-0.39, 0.29) is 17.2 Å². The topological polar surface area (TPSA) is 91.9 Å². The van der Waals surface area contributed by atoms with Gasteiger partial charge < -0.3 is 5.32 Å². The van der Waals surface area contributed by atoms with Crippen molar-refractivity contribution in [1.29, 1.82) is 5.26 Å². The number of benzene rings is 1. The fraction of sp³-hybridized carbons (Fsp3) is 0.231. The number of rotatable bonds is 5. The smallest absolute Gasteiger partial charge is 0.270 e. The fourth-order valence-electron chi connectivity index (χ4n) is 1.72. The van der Waals surface area contributed by atoms with Gasteiger partial charge in [0.25, 0.3) is 5.69 Å². The number of aromatic nitrogens is 1. The Bertz CT molecular complexity index is 649. The third kappa shape index (κ3) is 3.10. The summed E-state index contributed by atoms with van der Waals surface area (Å²) in [6.07, 6.45) is 1.75. The Labute approximate surface area is 119 Å². The molecule has 0 spiro atoms. The van der Waals surface area contributed by atoms with E-state index in [4.69, 9.17) is 5.26 Å². The zero-order valence-corrected chi connectivity index (χ0v) is 11.6.